The van der Waals surface area contributed by atoms with Crippen molar-refractivity contribution < 1.29 is 14.6 Å². The summed E-state index contributed by atoms with van der Waals surface area (Å²) < 4.78 is 10.4. The molecule has 0 heterocycles. The number of aliphatic imine (C=N–C) groups is 1. The smallest absolute Gasteiger partial charge is 0.191 e. The van der Waals surface area contributed by atoms with Gasteiger partial charge in [0, 0.05) is 32.3 Å². The molecular formula is C14H24IN3O3. The van der Waals surface area contributed by atoms with Crippen molar-refractivity contribution in [2.75, 3.05) is 33.9 Å². The average molecular weight is 409 g/mol. The van der Waals surface area contributed by atoms with E-state index in [1.807, 2.05) is 6.92 Å². The molecule has 0 unspecified atom stereocenters. The number of aromatic hydroxyl groups is 1. The first kappa shape index (κ1) is 19.8. The van der Waals surface area contributed by atoms with Crippen LogP contribution < -0.4 is 15.4 Å². The molecule has 1 aromatic carbocycles. The highest BCUT2D eigenvalue weighted by Gasteiger charge is 2.04. The maximum atomic E-state index is 9.79. The van der Waals surface area contributed by atoms with Gasteiger partial charge in [-0.15, -0.1) is 24.0 Å². The number of halogens is 1. The lowest BCUT2D eigenvalue weighted by Crippen LogP contribution is -2.38. The third-order valence-electron chi connectivity index (χ3n) is 2.70. The van der Waals surface area contributed by atoms with Crippen LogP contribution in [-0.4, -0.2) is 45.0 Å². The molecule has 0 saturated carbocycles. The van der Waals surface area contributed by atoms with E-state index in [1.165, 1.54) is 0 Å². The van der Waals surface area contributed by atoms with E-state index in [1.54, 1.807) is 32.4 Å². The lowest BCUT2D eigenvalue weighted by molar-refractivity contribution is 0.152. The van der Waals surface area contributed by atoms with Crippen LogP contribution >= 0.6 is 24.0 Å². The maximum absolute atomic E-state index is 9.79. The third kappa shape index (κ3) is 7.37. The molecule has 21 heavy (non-hydrogen) atoms. The molecule has 0 aliphatic carbocycles. The Labute approximate surface area is 143 Å². The number of guanidine groups is 1. The van der Waals surface area contributed by atoms with Crippen LogP contribution in [0, 0.1) is 0 Å². The molecule has 1 rings (SSSR count). The molecule has 0 atom stereocenters. The fraction of sp³-hybridized carbons (Fsp3) is 0.500. The zero-order chi connectivity index (χ0) is 14.8. The van der Waals surface area contributed by atoms with Crippen LogP contribution in [0.1, 0.15) is 12.5 Å². The number of rotatable bonds is 7. The second-order valence-corrected chi connectivity index (χ2v) is 4.04. The van der Waals surface area contributed by atoms with Gasteiger partial charge in [-0.2, -0.15) is 0 Å². The topological polar surface area (TPSA) is 75.1 Å². The van der Waals surface area contributed by atoms with Crippen LogP contribution in [0.15, 0.2) is 23.2 Å². The van der Waals surface area contributed by atoms with E-state index >= 15 is 0 Å². The van der Waals surface area contributed by atoms with Crippen molar-refractivity contribution in [2.24, 2.45) is 4.99 Å². The van der Waals surface area contributed by atoms with Crippen molar-refractivity contribution in [1.29, 1.82) is 0 Å². The highest BCUT2D eigenvalue weighted by Crippen LogP contribution is 2.22. The highest BCUT2D eigenvalue weighted by atomic mass is 127. The molecule has 7 heteroatoms. The Morgan fingerprint density at radius 1 is 1.33 bits per heavy atom. The zero-order valence-electron chi connectivity index (χ0n) is 12.7. The summed E-state index contributed by atoms with van der Waals surface area (Å²) >= 11 is 0. The van der Waals surface area contributed by atoms with Gasteiger partial charge in [-0.25, -0.2) is 0 Å². The fourth-order valence-corrected chi connectivity index (χ4v) is 1.62. The van der Waals surface area contributed by atoms with E-state index in [4.69, 9.17) is 9.47 Å². The van der Waals surface area contributed by atoms with E-state index in [2.05, 4.69) is 15.6 Å². The predicted octanol–water partition coefficient (Wildman–Crippen LogP) is 1.72. The van der Waals surface area contributed by atoms with Crippen molar-refractivity contribution in [3.05, 3.63) is 23.8 Å². The van der Waals surface area contributed by atoms with Gasteiger partial charge in [0.05, 0.1) is 13.7 Å². The molecule has 120 valence electrons. The number of hydrogen-bond donors (Lipinski definition) is 3. The van der Waals surface area contributed by atoms with E-state index in [-0.39, 0.29) is 29.7 Å². The van der Waals surface area contributed by atoms with E-state index in [9.17, 15) is 5.11 Å². The van der Waals surface area contributed by atoms with Gasteiger partial charge in [0.15, 0.2) is 5.96 Å². The minimum atomic E-state index is 0. The molecule has 0 radical (unpaired) electrons. The highest BCUT2D eigenvalue weighted by molar-refractivity contribution is 14.0. The Bertz CT molecular complexity index is 441. The normalized spacial score (nSPS) is 10.7. The molecule has 0 aromatic heterocycles. The van der Waals surface area contributed by atoms with Crippen LogP contribution in [0.2, 0.25) is 0 Å². The second kappa shape index (κ2) is 11.4. The molecule has 0 amide bonds. The summed E-state index contributed by atoms with van der Waals surface area (Å²) in [6.07, 6.45) is 0. The first-order valence-corrected chi connectivity index (χ1v) is 6.59. The molecule has 6 nitrogen and oxygen atoms in total. The van der Waals surface area contributed by atoms with Gasteiger partial charge in [-0.05, 0) is 25.1 Å². The SMILES string of the molecule is CCOCCNC(=NC)NCc1cc(OC)ccc1O.I. The zero-order valence-corrected chi connectivity index (χ0v) is 15.0. The molecule has 0 fully saturated rings. The first-order valence-electron chi connectivity index (χ1n) is 6.59. The third-order valence-corrected chi connectivity index (χ3v) is 2.70. The summed E-state index contributed by atoms with van der Waals surface area (Å²) in [5.74, 6) is 1.59. The first-order chi connectivity index (χ1) is 9.71. The number of methoxy groups -OCH3 is 1. The van der Waals surface area contributed by atoms with Gasteiger partial charge in [0.2, 0.25) is 0 Å². The Morgan fingerprint density at radius 2 is 2.10 bits per heavy atom. The number of nitrogens with zero attached hydrogens (tertiary/aromatic N) is 1. The van der Waals surface area contributed by atoms with E-state index in [0.29, 0.717) is 38.0 Å². The quantitative estimate of drug-likeness (QED) is 0.277. The van der Waals surface area contributed by atoms with Crippen molar-refractivity contribution >= 4 is 29.9 Å². The van der Waals surface area contributed by atoms with Crippen molar-refractivity contribution in [3.63, 3.8) is 0 Å². The molecule has 0 bridgehead atoms. The van der Waals surface area contributed by atoms with Crippen molar-refractivity contribution in [1.82, 2.24) is 10.6 Å². The largest absolute Gasteiger partial charge is 0.508 e. The Hall–Kier alpha value is -1.22. The Kier molecular flexibility index (Phi) is 10.8. The van der Waals surface area contributed by atoms with E-state index in [0.717, 1.165) is 5.56 Å². The number of benzene rings is 1. The summed E-state index contributed by atoms with van der Waals surface area (Å²) in [5, 5.41) is 16.0. The Balaban J connectivity index is 0.00000400. The van der Waals surface area contributed by atoms with Gasteiger partial charge in [0.1, 0.15) is 11.5 Å². The molecule has 0 aliphatic rings. The molecular weight excluding hydrogens is 385 g/mol. The maximum Gasteiger partial charge on any atom is 0.191 e. The van der Waals surface area contributed by atoms with Gasteiger partial charge >= 0.3 is 0 Å². The fourth-order valence-electron chi connectivity index (χ4n) is 1.62. The van der Waals surface area contributed by atoms with Crippen LogP contribution in [0.4, 0.5) is 0 Å². The predicted molar refractivity (Wildman–Crippen MR) is 94.8 cm³/mol. The van der Waals surface area contributed by atoms with Gasteiger partial charge in [-0.3, -0.25) is 4.99 Å². The number of ether oxygens (including phenoxy) is 2. The minimum absolute atomic E-state index is 0. The average Bonchev–Trinajstić information content (AvgIpc) is 2.48. The molecule has 0 spiro atoms. The molecule has 0 aliphatic heterocycles. The minimum Gasteiger partial charge on any atom is -0.508 e. The standard InChI is InChI=1S/C14H23N3O3.HI/c1-4-20-8-7-16-14(15-2)17-10-11-9-12(19-3)5-6-13(11)18;/h5-6,9,18H,4,7-8,10H2,1-3H3,(H2,15,16,17);1H. The number of phenolic OH excluding ortho intramolecular Hbond substituents is 1. The van der Waals surface area contributed by atoms with Crippen molar-refractivity contribution in [3.8, 4) is 11.5 Å². The molecule has 1 aromatic rings. The summed E-state index contributed by atoms with van der Waals surface area (Å²) in [7, 11) is 3.29. The van der Waals surface area contributed by atoms with E-state index < -0.39 is 0 Å². The number of hydrogen-bond acceptors (Lipinski definition) is 4. The van der Waals surface area contributed by atoms with Gasteiger partial charge < -0.3 is 25.2 Å². The second-order valence-electron chi connectivity index (χ2n) is 4.04. The van der Waals surface area contributed by atoms with Crippen LogP contribution in [-0.2, 0) is 11.3 Å². The van der Waals surface area contributed by atoms with Gasteiger partial charge in [0.25, 0.3) is 0 Å². The lowest BCUT2D eigenvalue weighted by atomic mass is 10.2. The summed E-state index contributed by atoms with van der Waals surface area (Å²) in [4.78, 5) is 4.10. The summed E-state index contributed by atoms with van der Waals surface area (Å²) in [6.45, 7) is 4.42. The van der Waals surface area contributed by atoms with Crippen molar-refractivity contribution in [2.45, 2.75) is 13.5 Å². The molecule has 3 N–H and O–H groups in total. The van der Waals surface area contributed by atoms with Crippen LogP contribution in [0.3, 0.4) is 0 Å². The van der Waals surface area contributed by atoms with Crippen LogP contribution in [0.25, 0.3) is 0 Å². The number of phenols is 1. The summed E-state index contributed by atoms with van der Waals surface area (Å²) in [6, 6.07) is 5.12. The van der Waals surface area contributed by atoms with Gasteiger partial charge in [-0.1, -0.05) is 0 Å². The molecule has 0 saturated heterocycles. The Morgan fingerprint density at radius 3 is 2.71 bits per heavy atom. The summed E-state index contributed by atoms with van der Waals surface area (Å²) in [5.41, 5.74) is 0.747. The monoisotopic (exact) mass is 409 g/mol. The lowest BCUT2D eigenvalue weighted by Gasteiger charge is -2.13. The number of nitrogens with one attached hydrogen (secondary N) is 2. The van der Waals surface area contributed by atoms with Crippen LogP contribution in [0.5, 0.6) is 11.5 Å².